The van der Waals surface area contributed by atoms with E-state index >= 15 is 0 Å². The lowest BCUT2D eigenvalue weighted by atomic mass is 9.88. The van der Waals surface area contributed by atoms with Gasteiger partial charge in [0.1, 0.15) is 5.82 Å². The van der Waals surface area contributed by atoms with Crippen LogP contribution in [-0.2, 0) is 15.1 Å². The zero-order valence-electron chi connectivity index (χ0n) is 10.5. The Labute approximate surface area is 122 Å². The molecule has 1 amide bonds. The first-order chi connectivity index (χ1) is 8.60. The molecule has 0 saturated carbocycles. The molecule has 0 radical (unpaired) electrons. The molecule has 1 unspecified atom stereocenters. The van der Waals surface area contributed by atoms with E-state index in [9.17, 15) is 9.18 Å². The molecule has 3 N–H and O–H groups in total. The van der Waals surface area contributed by atoms with Crippen molar-refractivity contribution >= 4 is 29.9 Å². The molecule has 0 aliphatic carbocycles. The minimum absolute atomic E-state index is 0. The average Bonchev–Trinajstić information content (AvgIpc) is 2.41. The molecule has 0 bridgehead atoms. The van der Waals surface area contributed by atoms with Gasteiger partial charge in [-0.15, -0.1) is 24.0 Å². The number of alkyl halides is 1. The summed E-state index contributed by atoms with van der Waals surface area (Å²) in [7, 11) is 1.41. The highest BCUT2D eigenvalue weighted by Crippen LogP contribution is 2.31. The number of nitrogens with two attached hydrogens (primary N) is 1. The van der Waals surface area contributed by atoms with Crippen LogP contribution in [0.3, 0.4) is 0 Å². The standard InChI is InChI=1S/C12H16ClFN2O2.ClH/c1-18-12(7-2-8-13,11(17)16-15)9-3-5-10(14)6-4-9;/h3-6H,2,7-8,15H2,1H3,(H,16,17);1H. The van der Waals surface area contributed by atoms with Gasteiger partial charge in [0, 0.05) is 13.0 Å². The molecule has 0 fully saturated rings. The van der Waals surface area contributed by atoms with Crippen LogP contribution in [0, 0.1) is 5.82 Å². The normalized spacial score (nSPS) is 13.3. The first-order valence-corrected chi connectivity index (χ1v) is 6.02. The van der Waals surface area contributed by atoms with E-state index in [0.29, 0.717) is 24.3 Å². The topological polar surface area (TPSA) is 64.3 Å². The van der Waals surface area contributed by atoms with Crippen LogP contribution in [0.4, 0.5) is 4.39 Å². The minimum Gasteiger partial charge on any atom is -0.364 e. The molecule has 1 rings (SSSR count). The van der Waals surface area contributed by atoms with Gasteiger partial charge in [0.15, 0.2) is 5.60 Å². The van der Waals surface area contributed by atoms with Crippen molar-refractivity contribution in [2.45, 2.75) is 18.4 Å². The molecule has 0 saturated heterocycles. The Bertz CT molecular complexity index is 403. The second-order valence-electron chi connectivity index (χ2n) is 3.80. The van der Waals surface area contributed by atoms with E-state index in [1.165, 1.54) is 31.4 Å². The first kappa shape index (κ1) is 18.1. The number of benzene rings is 1. The summed E-state index contributed by atoms with van der Waals surface area (Å²) in [6, 6.07) is 5.55. The molecular weight excluding hydrogens is 294 g/mol. The van der Waals surface area contributed by atoms with Gasteiger partial charge >= 0.3 is 0 Å². The van der Waals surface area contributed by atoms with Gasteiger partial charge in [-0.2, -0.15) is 0 Å². The summed E-state index contributed by atoms with van der Waals surface area (Å²) in [6.07, 6.45) is 0.932. The smallest absolute Gasteiger partial charge is 0.270 e. The van der Waals surface area contributed by atoms with Gasteiger partial charge in [0.25, 0.3) is 5.91 Å². The molecule has 7 heteroatoms. The van der Waals surface area contributed by atoms with Gasteiger partial charge in [-0.3, -0.25) is 10.2 Å². The SMILES string of the molecule is COC(CCCCl)(C(=O)NN)c1ccc(F)cc1.Cl. The molecule has 0 aromatic heterocycles. The number of hydrazine groups is 1. The zero-order valence-corrected chi connectivity index (χ0v) is 12.1. The number of methoxy groups -OCH3 is 1. The van der Waals surface area contributed by atoms with E-state index in [1.54, 1.807) is 0 Å². The maximum Gasteiger partial charge on any atom is 0.270 e. The Morgan fingerprint density at radius 3 is 2.47 bits per heavy atom. The Morgan fingerprint density at radius 2 is 2.05 bits per heavy atom. The lowest BCUT2D eigenvalue weighted by Gasteiger charge is -2.30. The van der Waals surface area contributed by atoms with Gasteiger partial charge in [-0.05, 0) is 30.5 Å². The summed E-state index contributed by atoms with van der Waals surface area (Å²) in [5.41, 5.74) is 1.38. The summed E-state index contributed by atoms with van der Waals surface area (Å²) < 4.78 is 18.3. The third-order valence-corrected chi connectivity index (χ3v) is 3.09. The second-order valence-corrected chi connectivity index (χ2v) is 4.18. The number of halogens is 3. The predicted octanol–water partition coefficient (Wildman–Crippen LogP) is 2.10. The largest absolute Gasteiger partial charge is 0.364 e. The maximum atomic E-state index is 12.9. The molecule has 0 spiro atoms. The van der Waals surface area contributed by atoms with Crippen LogP contribution < -0.4 is 11.3 Å². The molecule has 4 nitrogen and oxygen atoms in total. The lowest BCUT2D eigenvalue weighted by molar-refractivity contribution is -0.146. The van der Waals surface area contributed by atoms with Crippen LogP contribution >= 0.6 is 24.0 Å². The van der Waals surface area contributed by atoms with Crippen molar-refractivity contribution in [1.82, 2.24) is 5.43 Å². The first-order valence-electron chi connectivity index (χ1n) is 5.49. The third kappa shape index (κ3) is 4.04. The van der Waals surface area contributed by atoms with Crippen LogP contribution in [0.25, 0.3) is 0 Å². The molecule has 0 aliphatic heterocycles. The van der Waals surface area contributed by atoms with Gasteiger partial charge in [-0.25, -0.2) is 10.2 Å². The van der Waals surface area contributed by atoms with Crippen molar-refractivity contribution in [3.8, 4) is 0 Å². The van der Waals surface area contributed by atoms with E-state index in [-0.39, 0.29) is 18.2 Å². The number of carbonyl (C=O) groups excluding carboxylic acids is 1. The Balaban J connectivity index is 0.00000324. The Morgan fingerprint density at radius 1 is 1.47 bits per heavy atom. The molecular formula is C12H17Cl2FN2O2. The highest BCUT2D eigenvalue weighted by atomic mass is 35.5. The van der Waals surface area contributed by atoms with Crippen LogP contribution in [0.2, 0.25) is 0 Å². The highest BCUT2D eigenvalue weighted by molar-refractivity contribution is 6.17. The van der Waals surface area contributed by atoms with Crippen LogP contribution in [-0.4, -0.2) is 18.9 Å². The van der Waals surface area contributed by atoms with Crippen molar-refractivity contribution in [2.24, 2.45) is 5.84 Å². The molecule has 1 aromatic carbocycles. The van der Waals surface area contributed by atoms with E-state index < -0.39 is 11.5 Å². The van der Waals surface area contributed by atoms with Crippen molar-refractivity contribution in [3.05, 3.63) is 35.6 Å². The molecule has 108 valence electrons. The Kier molecular flexibility index (Phi) is 7.94. The number of hydrogen-bond donors (Lipinski definition) is 2. The summed E-state index contributed by atoms with van der Waals surface area (Å²) in [5, 5.41) is 0. The number of ether oxygens (including phenoxy) is 1. The van der Waals surface area contributed by atoms with Gasteiger partial charge in [0.2, 0.25) is 0 Å². The monoisotopic (exact) mass is 310 g/mol. The van der Waals surface area contributed by atoms with E-state index in [2.05, 4.69) is 5.43 Å². The molecule has 0 aliphatic rings. The van der Waals surface area contributed by atoms with E-state index in [0.717, 1.165) is 0 Å². The van der Waals surface area contributed by atoms with Crippen LogP contribution in [0.5, 0.6) is 0 Å². The summed E-state index contributed by atoms with van der Waals surface area (Å²) >= 11 is 5.65. The molecule has 1 atom stereocenters. The summed E-state index contributed by atoms with van der Waals surface area (Å²) in [6.45, 7) is 0. The zero-order chi connectivity index (χ0) is 13.6. The molecule has 1 aromatic rings. The van der Waals surface area contributed by atoms with Gasteiger partial charge in [0.05, 0.1) is 0 Å². The lowest BCUT2D eigenvalue weighted by Crippen LogP contribution is -2.48. The van der Waals surface area contributed by atoms with Crippen molar-refractivity contribution < 1.29 is 13.9 Å². The maximum absolute atomic E-state index is 12.9. The van der Waals surface area contributed by atoms with E-state index in [1.807, 2.05) is 0 Å². The predicted molar refractivity (Wildman–Crippen MR) is 74.6 cm³/mol. The van der Waals surface area contributed by atoms with Crippen molar-refractivity contribution in [1.29, 1.82) is 0 Å². The van der Waals surface area contributed by atoms with Crippen molar-refractivity contribution in [2.75, 3.05) is 13.0 Å². The fourth-order valence-electron chi connectivity index (χ4n) is 1.85. The Hall–Kier alpha value is -0.880. The summed E-state index contributed by atoms with van der Waals surface area (Å²) in [5.74, 6) is 4.71. The number of hydrogen-bond acceptors (Lipinski definition) is 3. The number of nitrogens with one attached hydrogen (secondary N) is 1. The quantitative estimate of drug-likeness (QED) is 0.366. The minimum atomic E-state index is -1.24. The number of carbonyl (C=O) groups is 1. The highest BCUT2D eigenvalue weighted by Gasteiger charge is 2.39. The van der Waals surface area contributed by atoms with E-state index in [4.69, 9.17) is 22.2 Å². The number of rotatable bonds is 6. The second kappa shape index (κ2) is 8.32. The third-order valence-electron chi connectivity index (χ3n) is 2.82. The summed E-state index contributed by atoms with van der Waals surface area (Å²) in [4.78, 5) is 12.0. The van der Waals surface area contributed by atoms with Crippen molar-refractivity contribution in [3.63, 3.8) is 0 Å². The van der Waals surface area contributed by atoms with Gasteiger partial charge in [-0.1, -0.05) is 12.1 Å². The van der Waals surface area contributed by atoms with Crippen LogP contribution in [0.15, 0.2) is 24.3 Å². The average molecular weight is 311 g/mol. The fraction of sp³-hybridized carbons (Fsp3) is 0.417. The number of amides is 1. The van der Waals surface area contributed by atoms with Gasteiger partial charge < -0.3 is 4.74 Å². The van der Waals surface area contributed by atoms with Crippen LogP contribution in [0.1, 0.15) is 18.4 Å². The molecule has 0 heterocycles. The molecule has 19 heavy (non-hydrogen) atoms. The fourth-order valence-corrected chi connectivity index (χ4v) is 1.99.